The summed E-state index contributed by atoms with van der Waals surface area (Å²) in [5.41, 5.74) is 6.38. The van der Waals surface area contributed by atoms with Crippen molar-refractivity contribution >= 4 is 5.91 Å². The third kappa shape index (κ3) is 2.39. The number of nitrogens with two attached hydrogens (primary N) is 1. The van der Waals surface area contributed by atoms with E-state index in [-0.39, 0.29) is 11.9 Å². The van der Waals surface area contributed by atoms with E-state index >= 15 is 0 Å². The van der Waals surface area contributed by atoms with E-state index in [1.807, 2.05) is 26.8 Å². The van der Waals surface area contributed by atoms with Crippen LogP contribution in [0.25, 0.3) is 0 Å². The Hall–Kier alpha value is -1.29. The van der Waals surface area contributed by atoms with E-state index in [9.17, 15) is 4.79 Å². The molecule has 1 unspecified atom stereocenters. The van der Waals surface area contributed by atoms with Crippen molar-refractivity contribution in [1.29, 1.82) is 0 Å². The molecule has 4 heteroatoms. The number of furan rings is 1. The molecule has 1 heterocycles. The van der Waals surface area contributed by atoms with Crippen LogP contribution in [0.2, 0.25) is 0 Å². The highest BCUT2D eigenvalue weighted by Crippen LogP contribution is 2.16. The Kier molecular flexibility index (Phi) is 3.52. The third-order valence-corrected chi connectivity index (χ3v) is 2.56. The average molecular weight is 210 g/mol. The van der Waals surface area contributed by atoms with Crippen LogP contribution in [0.3, 0.4) is 0 Å². The van der Waals surface area contributed by atoms with E-state index in [1.165, 1.54) is 0 Å². The fourth-order valence-electron chi connectivity index (χ4n) is 1.37. The van der Waals surface area contributed by atoms with Crippen LogP contribution >= 0.6 is 0 Å². The Morgan fingerprint density at radius 2 is 2.20 bits per heavy atom. The van der Waals surface area contributed by atoms with Crippen LogP contribution in [0.4, 0.5) is 0 Å². The van der Waals surface area contributed by atoms with Gasteiger partial charge in [0.05, 0.1) is 0 Å². The minimum Gasteiger partial charge on any atom is -0.456 e. The molecule has 1 aromatic rings. The summed E-state index contributed by atoms with van der Waals surface area (Å²) in [7, 11) is 1.73. The largest absolute Gasteiger partial charge is 0.456 e. The molecule has 84 valence electrons. The van der Waals surface area contributed by atoms with Gasteiger partial charge in [-0.2, -0.15) is 0 Å². The van der Waals surface area contributed by atoms with Gasteiger partial charge in [-0.3, -0.25) is 4.79 Å². The molecule has 1 atom stereocenters. The van der Waals surface area contributed by atoms with E-state index < -0.39 is 0 Å². The van der Waals surface area contributed by atoms with Gasteiger partial charge in [0.15, 0.2) is 5.76 Å². The van der Waals surface area contributed by atoms with E-state index in [1.54, 1.807) is 11.9 Å². The molecule has 0 aliphatic carbocycles. The van der Waals surface area contributed by atoms with Gasteiger partial charge in [0.1, 0.15) is 5.76 Å². The van der Waals surface area contributed by atoms with Crippen LogP contribution < -0.4 is 5.73 Å². The normalized spacial score (nSPS) is 12.6. The quantitative estimate of drug-likeness (QED) is 0.818. The van der Waals surface area contributed by atoms with Gasteiger partial charge in [0.2, 0.25) is 0 Å². The lowest BCUT2D eigenvalue weighted by molar-refractivity contribution is 0.0714. The summed E-state index contributed by atoms with van der Waals surface area (Å²) in [6.07, 6.45) is 0. The second-order valence-corrected chi connectivity index (χ2v) is 3.87. The number of aryl methyl sites for hydroxylation is 2. The summed E-state index contributed by atoms with van der Waals surface area (Å²) in [5, 5.41) is 0. The first-order valence-corrected chi connectivity index (χ1v) is 5.01. The molecule has 1 aromatic heterocycles. The minimum atomic E-state index is -0.112. The maximum absolute atomic E-state index is 12.0. The van der Waals surface area contributed by atoms with Crippen molar-refractivity contribution in [3.63, 3.8) is 0 Å². The van der Waals surface area contributed by atoms with Crippen molar-refractivity contribution in [3.8, 4) is 0 Å². The first-order valence-electron chi connectivity index (χ1n) is 5.01. The molecule has 1 amide bonds. The number of hydrogen-bond donors (Lipinski definition) is 1. The second-order valence-electron chi connectivity index (χ2n) is 3.87. The van der Waals surface area contributed by atoms with Gasteiger partial charge in [0.25, 0.3) is 5.91 Å². The predicted molar refractivity (Wildman–Crippen MR) is 58.8 cm³/mol. The van der Waals surface area contributed by atoms with E-state index in [4.69, 9.17) is 10.2 Å². The molecule has 0 spiro atoms. The van der Waals surface area contributed by atoms with Gasteiger partial charge < -0.3 is 15.1 Å². The van der Waals surface area contributed by atoms with Crippen molar-refractivity contribution in [2.24, 2.45) is 5.73 Å². The molecule has 4 nitrogen and oxygen atoms in total. The van der Waals surface area contributed by atoms with Crippen LogP contribution in [-0.2, 0) is 0 Å². The van der Waals surface area contributed by atoms with Gasteiger partial charge in [-0.05, 0) is 26.8 Å². The Labute approximate surface area is 90.0 Å². The van der Waals surface area contributed by atoms with Gasteiger partial charge in [-0.1, -0.05) is 0 Å². The SMILES string of the molecule is Cc1cc(C)c(C(=O)N(C)C(C)CN)o1. The van der Waals surface area contributed by atoms with Crippen molar-refractivity contribution in [3.05, 3.63) is 23.2 Å². The molecule has 0 saturated carbocycles. The molecule has 0 aromatic carbocycles. The first-order chi connectivity index (χ1) is 6.97. The molecular formula is C11H18N2O2. The number of amides is 1. The highest BCUT2D eigenvalue weighted by Gasteiger charge is 2.21. The Morgan fingerprint density at radius 3 is 2.60 bits per heavy atom. The lowest BCUT2D eigenvalue weighted by Gasteiger charge is -2.22. The number of likely N-dealkylation sites (N-methyl/N-ethyl adjacent to an activating group) is 1. The fraction of sp³-hybridized carbons (Fsp3) is 0.545. The second kappa shape index (κ2) is 4.49. The zero-order valence-electron chi connectivity index (χ0n) is 9.70. The number of carbonyl (C=O) groups is 1. The van der Waals surface area contributed by atoms with E-state index in [0.29, 0.717) is 12.3 Å². The smallest absolute Gasteiger partial charge is 0.289 e. The van der Waals surface area contributed by atoms with E-state index in [2.05, 4.69) is 0 Å². The van der Waals surface area contributed by atoms with Crippen molar-refractivity contribution in [2.45, 2.75) is 26.8 Å². The number of rotatable bonds is 3. The van der Waals surface area contributed by atoms with Crippen molar-refractivity contribution < 1.29 is 9.21 Å². The van der Waals surface area contributed by atoms with Crippen LogP contribution in [0.5, 0.6) is 0 Å². The third-order valence-electron chi connectivity index (χ3n) is 2.56. The molecule has 0 aliphatic heterocycles. The monoisotopic (exact) mass is 210 g/mol. The van der Waals surface area contributed by atoms with Crippen LogP contribution in [-0.4, -0.2) is 30.4 Å². The van der Waals surface area contributed by atoms with Gasteiger partial charge in [-0.25, -0.2) is 0 Å². The number of carbonyl (C=O) groups excluding carboxylic acids is 1. The van der Waals surface area contributed by atoms with E-state index in [0.717, 1.165) is 11.3 Å². The molecule has 0 bridgehead atoms. The summed E-state index contributed by atoms with van der Waals surface area (Å²) in [5.74, 6) is 1.05. The zero-order chi connectivity index (χ0) is 11.6. The molecule has 0 fully saturated rings. The van der Waals surface area contributed by atoms with Crippen LogP contribution in [0, 0.1) is 13.8 Å². The lowest BCUT2D eigenvalue weighted by Crippen LogP contribution is -2.39. The van der Waals surface area contributed by atoms with Crippen molar-refractivity contribution in [1.82, 2.24) is 4.90 Å². The van der Waals surface area contributed by atoms with Crippen LogP contribution in [0.1, 0.15) is 28.8 Å². The van der Waals surface area contributed by atoms with Crippen LogP contribution in [0.15, 0.2) is 10.5 Å². The van der Waals surface area contributed by atoms with Gasteiger partial charge in [0, 0.05) is 25.2 Å². The molecule has 0 saturated heterocycles. The molecule has 2 N–H and O–H groups in total. The molecule has 0 aliphatic rings. The molecule has 1 rings (SSSR count). The van der Waals surface area contributed by atoms with Gasteiger partial charge in [-0.15, -0.1) is 0 Å². The summed E-state index contributed by atoms with van der Waals surface area (Å²) in [6, 6.07) is 1.87. The molecule has 0 radical (unpaired) electrons. The highest BCUT2D eigenvalue weighted by molar-refractivity contribution is 5.93. The summed E-state index contributed by atoms with van der Waals surface area (Å²) in [6.45, 7) is 6.05. The zero-order valence-corrected chi connectivity index (χ0v) is 9.70. The summed E-state index contributed by atoms with van der Waals surface area (Å²) in [4.78, 5) is 13.6. The summed E-state index contributed by atoms with van der Waals surface area (Å²) >= 11 is 0. The predicted octanol–water partition coefficient (Wildman–Crippen LogP) is 1.32. The molecular weight excluding hydrogens is 192 g/mol. The topological polar surface area (TPSA) is 59.5 Å². The average Bonchev–Trinajstić information content (AvgIpc) is 2.54. The number of nitrogens with zero attached hydrogens (tertiary/aromatic N) is 1. The number of hydrogen-bond acceptors (Lipinski definition) is 3. The lowest BCUT2D eigenvalue weighted by atomic mass is 10.2. The highest BCUT2D eigenvalue weighted by atomic mass is 16.4. The maximum Gasteiger partial charge on any atom is 0.289 e. The Bertz CT molecular complexity index is 357. The Morgan fingerprint density at radius 1 is 1.60 bits per heavy atom. The van der Waals surface area contributed by atoms with Crippen molar-refractivity contribution in [2.75, 3.05) is 13.6 Å². The fourth-order valence-corrected chi connectivity index (χ4v) is 1.37. The van der Waals surface area contributed by atoms with Gasteiger partial charge >= 0.3 is 0 Å². The Balaban J connectivity index is 2.89. The standard InChI is InChI=1S/C11H18N2O2/c1-7-5-9(3)15-10(7)11(14)13(4)8(2)6-12/h5,8H,6,12H2,1-4H3. The molecule has 15 heavy (non-hydrogen) atoms. The summed E-state index contributed by atoms with van der Waals surface area (Å²) < 4.78 is 5.36. The first kappa shape index (κ1) is 11.8. The minimum absolute atomic E-state index is 0.0160. The maximum atomic E-state index is 12.0.